The average molecular weight is 319 g/mol. The van der Waals surface area contributed by atoms with Gasteiger partial charge in [0.05, 0.1) is 19.2 Å². The van der Waals surface area contributed by atoms with Crippen LogP contribution in [0, 0.1) is 5.92 Å². The van der Waals surface area contributed by atoms with E-state index in [0.29, 0.717) is 6.42 Å². The number of pyridine rings is 1. The molecule has 0 aliphatic carbocycles. The van der Waals surface area contributed by atoms with Crippen LogP contribution in [0.3, 0.4) is 0 Å². The molecular weight excluding hydrogens is 298 g/mol. The number of rotatable bonds is 6. The summed E-state index contributed by atoms with van der Waals surface area (Å²) in [6, 6.07) is 2.61. The first-order chi connectivity index (χ1) is 10.8. The predicted octanol–water partition coefficient (Wildman–Crippen LogP) is 1.63. The van der Waals surface area contributed by atoms with Crippen molar-refractivity contribution < 1.29 is 19.1 Å². The van der Waals surface area contributed by atoms with Crippen LogP contribution in [0.4, 0.5) is 4.79 Å². The minimum Gasteiger partial charge on any atom is -0.480 e. The van der Waals surface area contributed by atoms with Crippen LogP contribution in [-0.2, 0) is 4.79 Å². The molecular formula is C16H21N3O4. The number of methoxy groups -OCH3 is 1. The van der Waals surface area contributed by atoms with Crippen molar-refractivity contribution >= 4 is 17.7 Å². The average Bonchev–Trinajstić information content (AvgIpc) is 2.69. The van der Waals surface area contributed by atoms with Gasteiger partial charge in [0.1, 0.15) is 5.54 Å². The fourth-order valence-electron chi connectivity index (χ4n) is 2.84. The number of carbonyl (C=O) groups excluding carboxylic acids is 3. The summed E-state index contributed by atoms with van der Waals surface area (Å²) in [5.74, 6) is -0.368. The summed E-state index contributed by atoms with van der Waals surface area (Å²) in [4.78, 5) is 42.0. The number of amides is 3. The lowest BCUT2D eigenvalue weighted by Crippen LogP contribution is -2.45. The molecule has 1 saturated heterocycles. The van der Waals surface area contributed by atoms with E-state index < -0.39 is 17.4 Å². The maximum Gasteiger partial charge on any atom is 0.325 e. The Morgan fingerprint density at radius 2 is 2.13 bits per heavy atom. The Morgan fingerprint density at radius 1 is 1.43 bits per heavy atom. The minimum atomic E-state index is -0.968. The van der Waals surface area contributed by atoms with Crippen molar-refractivity contribution in [1.29, 1.82) is 0 Å². The number of nitrogens with one attached hydrogen (secondary N) is 1. The number of hydrogen-bond acceptors (Lipinski definition) is 5. The van der Waals surface area contributed by atoms with Crippen molar-refractivity contribution in [2.45, 2.75) is 32.7 Å². The zero-order valence-electron chi connectivity index (χ0n) is 13.8. The van der Waals surface area contributed by atoms with Crippen LogP contribution in [0.1, 0.15) is 37.6 Å². The zero-order valence-corrected chi connectivity index (χ0v) is 13.8. The van der Waals surface area contributed by atoms with E-state index in [0.717, 1.165) is 4.90 Å². The van der Waals surface area contributed by atoms with Crippen LogP contribution >= 0.6 is 0 Å². The SMILES string of the molecule is COc1ncccc1C(=O)CN1C(=O)N[C@@](C)(CC(C)C)C1=O. The molecule has 0 saturated carbocycles. The molecule has 0 spiro atoms. The van der Waals surface area contributed by atoms with Gasteiger partial charge in [0.25, 0.3) is 5.91 Å². The Morgan fingerprint density at radius 3 is 2.74 bits per heavy atom. The number of imide groups is 1. The molecule has 0 radical (unpaired) electrons. The molecule has 0 aromatic carbocycles. The van der Waals surface area contributed by atoms with Gasteiger partial charge in [0.2, 0.25) is 5.88 Å². The van der Waals surface area contributed by atoms with Gasteiger partial charge in [-0.25, -0.2) is 9.78 Å². The van der Waals surface area contributed by atoms with Gasteiger partial charge >= 0.3 is 6.03 Å². The first kappa shape index (κ1) is 16.9. The Labute approximate surface area is 135 Å². The van der Waals surface area contributed by atoms with E-state index in [4.69, 9.17) is 4.74 Å². The molecule has 1 atom stereocenters. The molecule has 23 heavy (non-hydrogen) atoms. The molecule has 7 nitrogen and oxygen atoms in total. The lowest BCUT2D eigenvalue weighted by Gasteiger charge is -2.23. The molecule has 3 amide bonds. The fraction of sp³-hybridized carbons (Fsp3) is 0.500. The number of nitrogens with zero attached hydrogens (tertiary/aromatic N) is 2. The Balaban J connectivity index is 2.18. The van der Waals surface area contributed by atoms with Gasteiger partial charge in [0, 0.05) is 6.20 Å². The first-order valence-corrected chi connectivity index (χ1v) is 7.45. The highest BCUT2D eigenvalue weighted by atomic mass is 16.5. The zero-order chi connectivity index (χ0) is 17.2. The monoisotopic (exact) mass is 319 g/mol. The van der Waals surface area contributed by atoms with Crippen LogP contribution < -0.4 is 10.1 Å². The molecule has 0 unspecified atom stereocenters. The van der Waals surface area contributed by atoms with Crippen molar-refractivity contribution in [2.75, 3.05) is 13.7 Å². The topological polar surface area (TPSA) is 88.6 Å². The number of hydrogen-bond donors (Lipinski definition) is 1. The third kappa shape index (κ3) is 3.33. The van der Waals surface area contributed by atoms with Gasteiger partial charge in [-0.2, -0.15) is 0 Å². The van der Waals surface area contributed by atoms with Gasteiger partial charge < -0.3 is 10.1 Å². The smallest absolute Gasteiger partial charge is 0.325 e. The molecule has 2 rings (SSSR count). The van der Waals surface area contributed by atoms with E-state index >= 15 is 0 Å². The van der Waals surface area contributed by atoms with Gasteiger partial charge in [-0.3, -0.25) is 14.5 Å². The number of ketones is 1. The second kappa shape index (κ2) is 6.36. The van der Waals surface area contributed by atoms with Gasteiger partial charge in [-0.15, -0.1) is 0 Å². The second-order valence-corrected chi connectivity index (χ2v) is 6.23. The second-order valence-electron chi connectivity index (χ2n) is 6.23. The standard InChI is InChI=1S/C16H21N3O4/c1-10(2)8-16(3)14(21)19(15(22)18-16)9-12(20)11-6-5-7-17-13(11)23-4/h5-7,10H,8-9H2,1-4H3,(H,18,22)/t16-/m0/s1. The maximum atomic E-state index is 12.5. The van der Waals surface area contributed by atoms with E-state index in [2.05, 4.69) is 10.3 Å². The minimum absolute atomic E-state index is 0.175. The molecule has 1 aliphatic rings. The van der Waals surface area contributed by atoms with E-state index in [1.807, 2.05) is 13.8 Å². The Hall–Kier alpha value is -2.44. The molecule has 7 heteroatoms. The highest BCUT2D eigenvalue weighted by Crippen LogP contribution is 2.25. The van der Waals surface area contributed by atoms with Crippen molar-refractivity contribution in [3.63, 3.8) is 0 Å². The van der Waals surface area contributed by atoms with Crippen LogP contribution in [-0.4, -0.2) is 46.8 Å². The lowest BCUT2D eigenvalue weighted by atomic mass is 9.91. The quantitative estimate of drug-likeness (QED) is 0.636. The van der Waals surface area contributed by atoms with Crippen LogP contribution in [0.15, 0.2) is 18.3 Å². The number of urea groups is 1. The van der Waals surface area contributed by atoms with Crippen molar-refractivity contribution in [3.05, 3.63) is 23.9 Å². The molecule has 2 heterocycles. The molecule has 1 aromatic rings. The number of aromatic nitrogens is 1. The molecule has 0 bridgehead atoms. The van der Waals surface area contributed by atoms with Crippen LogP contribution in [0.2, 0.25) is 0 Å². The molecule has 1 aromatic heterocycles. The third-order valence-electron chi connectivity index (χ3n) is 3.73. The normalized spacial score (nSPS) is 20.8. The number of ether oxygens (including phenoxy) is 1. The highest BCUT2D eigenvalue weighted by molar-refractivity contribution is 6.11. The van der Waals surface area contributed by atoms with Crippen LogP contribution in [0.5, 0.6) is 5.88 Å². The van der Waals surface area contributed by atoms with Crippen molar-refractivity contribution in [1.82, 2.24) is 15.2 Å². The van der Waals surface area contributed by atoms with E-state index in [9.17, 15) is 14.4 Å². The number of carbonyl (C=O) groups is 3. The summed E-state index contributed by atoms with van der Waals surface area (Å²) in [5, 5.41) is 2.69. The molecule has 1 N–H and O–H groups in total. The van der Waals surface area contributed by atoms with E-state index in [1.165, 1.54) is 13.3 Å². The predicted molar refractivity (Wildman–Crippen MR) is 83.2 cm³/mol. The van der Waals surface area contributed by atoms with Gasteiger partial charge in [0.15, 0.2) is 5.78 Å². The van der Waals surface area contributed by atoms with E-state index in [-0.39, 0.29) is 29.8 Å². The molecule has 1 fully saturated rings. The first-order valence-electron chi connectivity index (χ1n) is 7.45. The Kier molecular flexibility index (Phi) is 4.68. The maximum absolute atomic E-state index is 12.5. The summed E-state index contributed by atoms with van der Waals surface area (Å²) in [5.41, 5.74) is -0.724. The lowest BCUT2D eigenvalue weighted by molar-refractivity contribution is -0.131. The summed E-state index contributed by atoms with van der Waals surface area (Å²) < 4.78 is 5.04. The fourth-order valence-corrected chi connectivity index (χ4v) is 2.84. The molecule has 124 valence electrons. The van der Waals surface area contributed by atoms with Crippen molar-refractivity contribution in [2.24, 2.45) is 5.92 Å². The number of Topliss-reactive ketones (excluding diaryl/α,β-unsaturated/α-hetero) is 1. The summed E-state index contributed by atoms with van der Waals surface area (Å²) >= 11 is 0. The van der Waals surface area contributed by atoms with Gasteiger partial charge in [-0.05, 0) is 31.4 Å². The third-order valence-corrected chi connectivity index (χ3v) is 3.73. The highest BCUT2D eigenvalue weighted by Gasteiger charge is 2.48. The summed E-state index contributed by atoms with van der Waals surface area (Å²) in [6.07, 6.45) is 2.02. The van der Waals surface area contributed by atoms with E-state index in [1.54, 1.807) is 19.1 Å². The summed E-state index contributed by atoms with van der Waals surface area (Å²) in [7, 11) is 1.41. The van der Waals surface area contributed by atoms with Crippen molar-refractivity contribution in [3.8, 4) is 5.88 Å². The Bertz CT molecular complexity index is 644. The van der Waals surface area contributed by atoms with Gasteiger partial charge in [-0.1, -0.05) is 13.8 Å². The summed E-state index contributed by atoms with van der Waals surface area (Å²) in [6.45, 7) is 5.29. The van der Waals surface area contributed by atoms with Crippen LogP contribution in [0.25, 0.3) is 0 Å². The largest absolute Gasteiger partial charge is 0.480 e. The molecule has 1 aliphatic heterocycles.